The lowest BCUT2D eigenvalue weighted by Gasteiger charge is -2.14. The van der Waals surface area contributed by atoms with Gasteiger partial charge in [0.1, 0.15) is 6.61 Å². The molecule has 4 nitrogen and oxygen atoms in total. The Morgan fingerprint density at radius 3 is 1.45 bits per heavy atom. The van der Waals surface area contributed by atoms with Gasteiger partial charge in [0.25, 0.3) is 0 Å². The van der Waals surface area contributed by atoms with Crippen LogP contribution in [0.2, 0.25) is 0 Å². The zero-order valence-corrected chi connectivity index (χ0v) is 37.5. The molecule has 0 spiro atoms. The van der Waals surface area contributed by atoms with Crippen LogP contribution in [0.1, 0.15) is 103 Å². The zero-order valence-electron chi connectivity index (χ0n) is 37.5. The van der Waals surface area contributed by atoms with Crippen LogP contribution in [0, 0.1) is 0 Å². The van der Waals surface area contributed by atoms with Crippen molar-refractivity contribution >= 4 is 76.6 Å². The molecule has 0 saturated carbocycles. The fourth-order valence-electron chi connectivity index (χ4n) is 9.36. The first-order valence-corrected chi connectivity index (χ1v) is 23.1. The average Bonchev–Trinajstić information content (AvgIpc) is 3.34. The minimum absolute atomic E-state index is 0.193. The number of carbonyl (C=O) groups excluding carboxylic acids is 2. The maximum absolute atomic E-state index is 12.6. The Kier molecular flexibility index (Phi) is 12.6. The Bertz CT molecular complexity index is 3170. The summed E-state index contributed by atoms with van der Waals surface area (Å²) in [4.78, 5) is 25.0. The zero-order chi connectivity index (χ0) is 44.2. The second kappa shape index (κ2) is 18.9. The average molecular weight is 841 g/mol. The maximum Gasteiger partial charge on any atom is 0.338 e. The predicted molar refractivity (Wildman–Crippen MR) is 267 cm³/mol. The van der Waals surface area contributed by atoms with Crippen LogP contribution in [0.15, 0.2) is 158 Å². The number of rotatable bonds is 14. The molecule has 10 aromatic carbocycles. The summed E-state index contributed by atoms with van der Waals surface area (Å²) in [5.74, 6) is 0.635. The van der Waals surface area contributed by atoms with Gasteiger partial charge in [0, 0.05) is 0 Å². The van der Waals surface area contributed by atoms with Gasteiger partial charge in [0.2, 0.25) is 0 Å². The van der Waals surface area contributed by atoms with Crippen LogP contribution in [-0.2, 0) is 33.7 Å². The lowest BCUT2D eigenvalue weighted by atomic mass is 9.91. The van der Waals surface area contributed by atoms with Gasteiger partial charge in [-0.1, -0.05) is 173 Å². The normalized spacial score (nSPS) is 12.6. The molecule has 0 fully saturated rings. The van der Waals surface area contributed by atoms with Crippen LogP contribution in [0.25, 0.3) is 64.6 Å². The lowest BCUT2D eigenvalue weighted by molar-refractivity contribution is -0.144. The van der Waals surface area contributed by atoms with E-state index in [9.17, 15) is 9.59 Å². The van der Waals surface area contributed by atoms with Crippen molar-refractivity contribution in [1.82, 2.24) is 0 Å². The van der Waals surface area contributed by atoms with E-state index in [1.54, 1.807) is 0 Å². The van der Waals surface area contributed by atoms with Gasteiger partial charge in [0.05, 0.1) is 18.6 Å². The fourth-order valence-corrected chi connectivity index (χ4v) is 9.36. The molecule has 0 amide bonds. The fraction of sp³-hybridized carbons (Fsp3) is 0.233. The number of carbonyl (C=O) groups is 2. The molecule has 0 aromatic heterocycles. The van der Waals surface area contributed by atoms with Gasteiger partial charge in [-0.25, -0.2) is 4.79 Å². The van der Waals surface area contributed by atoms with E-state index >= 15 is 0 Å². The van der Waals surface area contributed by atoms with Gasteiger partial charge in [-0.05, 0) is 149 Å². The van der Waals surface area contributed by atoms with E-state index in [0.717, 1.165) is 48.6 Å². The predicted octanol–water partition coefficient (Wildman–Crippen LogP) is 15.7. The molecule has 0 saturated heterocycles. The summed E-state index contributed by atoms with van der Waals surface area (Å²) in [6, 6.07) is 55.4. The first-order valence-electron chi connectivity index (χ1n) is 23.1. The van der Waals surface area contributed by atoms with Crippen LogP contribution >= 0.6 is 0 Å². The molecule has 2 atom stereocenters. The third kappa shape index (κ3) is 8.75. The van der Waals surface area contributed by atoms with Gasteiger partial charge in [-0.3, -0.25) is 4.79 Å². The van der Waals surface area contributed by atoms with E-state index in [1.807, 2.05) is 24.3 Å². The van der Waals surface area contributed by atoms with E-state index in [1.165, 1.54) is 75.9 Å². The Labute approximate surface area is 376 Å². The summed E-state index contributed by atoms with van der Waals surface area (Å²) in [7, 11) is 0. The standard InChI is InChI=1S/C31H30O2.C29H26O2/c1-3-21(2)22-10-16-27(17-11-22)31(32)33-20-5-4-7-23-12-13-26-15-14-24-8-6-9-25-18-19-28(23)30(26)29(24)25;1-3-19(2)21-9-7-20(8-10-21)18-31-27(30)17-25-14-13-24-12-11-22-5-4-6-23-15-16-26(25)29(24)28(22)23/h6,8-19,21H,3-5,7,20H2,1-2H3;4-16,19H,3,17-18H2,1-2H3. The molecule has 64 heavy (non-hydrogen) atoms. The molecule has 0 aliphatic carbocycles. The van der Waals surface area contributed by atoms with Gasteiger partial charge < -0.3 is 9.47 Å². The Hall–Kier alpha value is -6.78. The van der Waals surface area contributed by atoms with Crippen molar-refractivity contribution in [3.8, 4) is 0 Å². The van der Waals surface area contributed by atoms with Crippen molar-refractivity contribution in [3.63, 3.8) is 0 Å². The highest BCUT2D eigenvalue weighted by atomic mass is 16.5. The van der Waals surface area contributed by atoms with Crippen molar-refractivity contribution in [1.29, 1.82) is 0 Å². The minimum Gasteiger partial charge on any atom is -0.462 e. The van der Waals surface area contributed by atoms with Crippen molar-refractivity contribution < 1.29 is 19.1 Å². The Morgan fingerprint density at radius 1 is 0.469 bits per heavy atom. The minimum atomic E-state index is -0.228. The molecule has 320 valence electrons. The molecule has 10 rings (SSSR count). The third-order valence-electron chi connectivity index (χ3n) is 13.5. The summed E-state index contributed by atoms with van der Waals surface area (Å²) < 4.78 is 11.1. The number of ether oxygens (including phenoxy) is 2. The number of unbranched alkanes of at least 4 members (excludes halogenated alkanes) is 1. The monoisotopic (exact) mass is 840 g/mol. The number of aryl methyl sites for hydroxylation is 1. The quantitative estimate of drug-likeness (QED) is 0.0622. The van der Waals surface area contributed by atoms with E-state index in [-0.39, 0.29) is 18.4 Å². The molecule has 0 N–H and O–H groups in total. The lowest BCUT2D eigenvalue weighted by Crippen LogP contribution is -2.08. The Balaban J connectivity index is 0.000000162. The molecule has 2 unspecified atom stereocenters. The Morgan fingerprint density at radius 2 is 0.922 bits per heavy atom. The van der Waals surface area contributed by atoms with Crippen LogP contribution < -0.4 is 0 Å². The summed E-state index contributed by atoms with van der Waals surface area (Å²) in [5, 5.41) is 15.3. The van der Waals surface area contributed by atoms with Crippen molar-refractivity contribution in [2.45, 2.75) is 84.7 Å². The molecular weight excluding hydrogens is 785 g/mol. The maximum atomic E-state index is 12.6. The topological polar surface area (TPSA) is 52.6 Å². The number of esters is 2. The van der Waals surface area contributed by atoms with Gasteiger partial charge in [-0.15, -0.1) is 0 Å². The van der Waals surface area contributed by atoms with Gasteiger partial charge in [0.15, 0.2) is 0 Å². The highest BCUT2D eigenvalue weighted by Gasteiger charge is 2.15. The van der Waals surface area contributed by atoms with Crippen molar-refractivity contribution in [2.24, 2.45) is 0 Å². The highest BCUT2D eigenvalue weighted by Crippen LogP contribution is 2.38. The van der Waals surface area contributed by atoms with Crippen molar-refractivity contribution in [2.75, 3.05) is 6.61 Å². The molecule has 0 bridgehead atoms. The molecule has 0 radical (unpaired) electrons. The largest absolute Gasteiger partial charge is 0.462 e. The van der Waals surface area contributed by atoms with Crippen molar-refractivity contribution in [3.05, 3.63) is 191 Å². The first kappa shape index (κ1) is 42.5. The highest BCUT2D eigenvalue weighted by molar-refractivity contribution is 6.24. The molecular formula is C60H56O4. The molecule has 0 heterocycles. The number of benzene rings is 10. The van der Waals surface area contributed by atoms with Crippen LogP contribution in [0.4, 0.5) is 0 Å². The van der Waals surface area contributed by atoms with Crippen LogP contribution in [0.5, 0.6) is 0 Å². The first-order chi connectivity index (χ1) is 31.3. The summed E-state index contributed by atoms with van der Waals surface area (Å²) in [6.07, 6.45) is 5.32. The van der Waals surface area contributed by atoms with E-state index in [0.29, 0.717) is 30.6 Å². The summed E-state index contributed by atoms with van der Waals surface area (Å²) in [6.45, 7) is 9.57. The molecule has 10 aromatic rings. The van der Waals surface area contributed by atoms with Crippen LogP contribution in [0.3, 0.4) is 0 Å². The molecule has 0 aliphatic heterocycles. The van der Waals surface area contributed by atoms with E-state index in [4.69, 9.17) is 9.47 Å². The number of hydrogen-bond acceptors (Lipinski definition) is 4. The summed E-state index contributed by atoms with van der Waals surface area (Å²) in [5.41, 5.74) is 6.63. The van der Waals surface area contributed by atoms with E-state index in [2.05, 4.69) is 161 Å². The second-order valence-corrected chi connectivity index (χ2v) is 17.6. The van der Waals surface area contributed by atoms with Gasteiger partial charge in [-0.2, -0.15) is 0 Å². The second-order valence-electron chi connectivity index (χ2n) is 17.6. The number of hydrogen-bond donors (Lipinski definition) is 0. The molecule has 4 heteroatoms. The summed E-state index contributed by atoms with van der Waals surface area (Å²) >= 11 is 0. The smallest absolute Gasteiger partial charge is 0.338 e. The van der Waals surface area contributed by atoms with E-state index < -0.39 is 0 Å². The third-order valence-corrected chi connectivity index (χ3v) is 13.5. The van der Waals surface area contributed by atoms with Gasteiger partial charge >= 0.3 is 11.9 Å². The SMILES string of the molecule is CCC(C)c1ccc(C(=O)OCCCCc2ccc3ccc4cccc5ccc2c3c45)cc1.CCC(C)c1ccc(COC(=O)Cc2ccc3ccc4cccc5ccc2c3c45)cc1. The van der Waals surface area contributed by atoms with Crippen LogP contribution in [-0.4, -0.2) is 18.5 Å². The molecule has 0 aliphatic rings.